The first-order valence-electron chi connectivity index (χ1n) is 7.52. The van der Waals surface area contributed by atoms with Gasteiger partial charge in [0.25, 0.3) is 5.91 Å². The number of halogens is 1. The van der Waals surface area contributed by atoms with E-state index in [0.717, 1.165) is 5.69 Å². The van der Waals surface area contributed by atoms with Crippen LogP contribution in [0.1, 0.15) is 27.3 Å². The molecular formula is C17H18BrN5O. The maximum Gasteiger partial charge on any atom is 0.277 e. The summed E-state index contributed by atoms with van der Waals surface area (Å²) in [5.41, 5.74) is 4.28. The average molecular weight is 388 g/mol. The van der Waals surface area contributed by atoms with E-state index in [0.29, 0.717) is 22.4 Å². The van der Waals surface area contributed by atoms with Crippen molar-refractivity contribution in [3.05, 3.63) is 63.6 Å². The summed E-state index contributed by atoms with van der Waals surface area (Å²) in [6.07, 6.45) is 3.45. The normalized spacial score (nSPS) is 10.8. The molecule has 24 heavy (non-hydrogen) atoms. The predicted octanol–water partition coefficient (Wildman–Crippen LogP) is 3.30. The standard InChI is InChI=1S/C17H18BrN5O/c1-11-5-4-6-13(7-11)9-23-10-14(8-19-23)20-17(24)16-15(18)12(2)22(3)21-16/h4-8,10H,9H2,1-3H3,(H,20,24). The average Bonchev–Trinajstić information content (AvgIpc) is 3.07. The number of carbonyl (C=O) groups is 1. The highest BCUT2D eigenvalue weighted by molar-refractivity contribution is 9.10. The SMILES string of the molecule is Cc1cccc(Cn2cc(NC(=O)c3nn(C)c(C)c3Br)cn2)c1. The van der Waals surface area contributed by atoms with Gasteiger partial charge < -0.3 is 5.32 Å². The molecule has 2 aromatic heterocycles. The van der Waals surface area contributed by atoms with E-state index < -0.39 is 0 Å². The molecule has 1 N–H and O–H groups in total. The number of carbonyl (C=O) groups excluding carboxylic acids is 1. The topological polar surface area (TPSA) is 64.7 Å². The predicted molar refractivity (Wildman–Crippen MR) is 96.1 cm³/mol. The summed E-state index contributed by atoms with van der Waals surface area (Å²) < 4.78 is 4.16. The number of aromatic nitrogens is 4. The molecule has 0 aliphatic heterocycles. The van der Waals surface area contributed by atoms with Gasteiger partial charge in [-0.3, -0.25) is 14.2 Å². The van der Waals surface area contributed by atoms with Crippen molar-refractivity contribution in [2.75, 3.05) is 5.32 Å². The maximum absolute atomic E-state index is 12.4. The number of aryl methyl sites for hydroxylation is 2. The molecule has 0 aliphatic carbocycles. The quantitative estimate of drug-likeness (QED) is 0.746. The highest BCUT2D eigenvalue weighted by Crippen LogP contribution is 2.21. The van der Waals surface area contributed by atoms with Crippen LogP contribution in [0.5, 0.6) is 0 Å². The zero-order valence-corrected chi connectivity index (χ0v) is 15.3. The van der Waals surface area contributed by atoms with Crippen LogP contribution in [0.4, 0.5) is 5.69 Å². The third-order valence-electron chi connectivity index (χ3n) is 3.79. The Morgan fingerprint density at radius 3 is 2.79 bits per heavy atom. The zero-order chi connectivity index (χ0) is 17.3. The largest absolute Gasteiger partial charge is 0.318 e. The molecule has 0 radical (unpaired) electrons. The number of benzene rings is 1. The minimum absolute atomic E-state index is 0.263. The van der Waals surface area contributed by atoms with Gasteiger partial charge in [0.15, 0.2) is 5.69 Å². The molecule has 3 aromatic rings. The smallest absolute Gasteiger partial charge is 0.277 e. The van der Waals surface area contributed by atoms with Gasteiger partial charge in [0.05, 0.1) is 28.6 Å². The van der Waals surface area contributed by atoms with Gasteiger partial charge in [-0.15, -0.1) is 0 Å². The van der Waals surface area contributed by atoms with Crippen molar-refractivity contribution < 1.29 is 4.79 Å². The van der Waals surface area contributed by atoms with Crippen molar-refractivity contribution >= 4 is 27.5 Å². The van der Waals surface area contributed by atoms with E-state index in [2.05, 4.69) is 56.6 Å². The Kier molecular flexibility index (Phi) is 4.53. The fourth-order valence-electron chi connectivity index (χ4n) is 2.43. The monoisotopic (exact) mass is 387 g/mol. The van der Waals surface area contributed by atoms with E-state index in [-0.39, 0.29) is 5.91 Å². The van der Waals surface area contributed by atoms with Crippen molar-refractivity contribution in [1.82, 2.24) is 19.6 Å². The summed E-state index contributed by atoms with van der Waals surface area (Å²) in [6.45, 7) is 4.61. The van der Waals surface area contributed by atoms with Crippen LogP contribution in [0.3, 0.4) is 0 Å². The van der Waals surface area contributed by atoms with Crippen LogP contribution in [0.15, 0.2) is 41.1 Å². The third kappa shape index (κ3) is 3.41. The number of anilines is 1. The minimum Gasteiger partial charge on any atom is -0.318 e. The second kappa shape index (κ2) is 6.60. The summed E-state index contributed by atoms with van der Waals surface area (Å²) in [5.74, 6) is -0.263. The fourth-order valence-corrected chi connectivity index (χ4v) is 2.95. The van der Waals surface area contributed by atoms with Crippen LogP contribution in [0.2, 0.25) is 0 Å². The Balaban J connectivity index is 1.71. The van der Waals surface area contributed by atoms with Crippen LogP contribution < -0.4 is 5.32 Å². The molecule has 0 unspecified atom stereocenters. The molecule has 2 heterocycles. The first-order valence-corrected chi connectivity index (χ1v) is 8.32. The Labute approximate surface area is 148 Å². The number of rotatable bonds is 4. The molecule has 0 aliphatic rings. The lowest BCUT2D eigenvalue weighted by Gasteiger charge is -2.03. The summed E-state index contributed by atoms with van der Waals surface area (Å²) in [5, 5.41) is 11.3. The van der Waals surface area contributed by atoms with E-state index in [1.54, 1.807) is 22.6 Å². The van der Waals surface area contributed by atoms with Crippen LogP contribution in [-0.2, 0) is 13.6 Å². The zero-order valence-electron chi connectivity index (χ0n) is 13.7. The lowest BCUT2D eigenvalue weighted by Crippen LogP contribution is -2.13. The maximum atomic E-state index is 12.4. The fraction of sp³-hybridized carbons (Fsp3) is 0.235. The number of nitrogens with zero attached hydrogens (tertiary/aromatic N) is 4. The van der Waals surface area contributed by atoms with E-state index in [1.165, 1.54) is 11.1 Å². The highest BCUT2D eigenvalue weighted by Gasteiger charge is 2.18. The van der Waals surface area contributed by atoms with Crippen molar-refractivity contribution in [2.45, 2.75) is 20.4 Å². The molecule has 1 amide bonds. The first kappa shape index (κ1) is 16.4. The molecule has 0 fully saturated rings. The van der Waals surface area contributed by atoms with Crippen molar-refractivity contribution in [3.8, 4) is 0 Å². The van der Waals surface area contributed by atoms with Crippen LogP contribution in [0, 0.1) is 13.8 Å². The lowest BCUT2D eigenvalue weighted by molar-refractivity contribution is 0.102. The molecule has 7 heteroatoms. The summed E-state index contributed by atoms with van der Waals surface area (Å²) in [7, 11) is 1.80. The lowest BCUT2D eigenvalue weighted by atomic mass is 10.1. The van der Waals surface area contributed by atoms with Gasteiger partial charge in [-0.1, -0.05) is 29.8 Å². The number of hydrogen-bond acceptors (Lipinski definition) is 3. The van der Waals surface area contributed by atoms with Gasteiger partial charge in [0.2, 0.25) is 0 Å². The van der Waals surface area contributed by atoms with Gasteiger partial charge >= 0.3 is 0 Å². The minimum atomic E-state index is -0.263. The van der Waals surface area contributed by atoms with Gasteiger partial charge in [0, 0.05) is 13.2 Å². The molecule has 0 atom stereocenters. The van der Waals surface area contributed by atoms with Crippen LogP contribution >= 0.6 is 15.9 Å². The van der Waals surface area contributed by atoms with E-state index in [4.69, 9.17) is 0 Å². The molecule has 6 nitrogen and oxygen atoms in total. The van der Waals surface area contributed by atoms with Gasteiger partial charge in [-0.2, -0.15) is 10.2 Å². The van der Waals surface area contributed by atoms with E-state index >= 15 is 0 Å². The molecule has 124 valence electrons. The molecule has 0 spiro atoms. The van der Waals surface area contributed by atoms with Gasteiger partial charge in [0.1, 0.15) is 0 Å². The van der Waals surface area contributed by atoms with Gasteiger partial charge in [-0.25, -0.2) is 0 Å². The molecular weight excluding hydrogens is 370 g/mol. The van der Waals surface area contributed by atoms with E-state index in [1.807, 2.05) is 19.2 Å². The number of amides is 1. The highest BCUT2D eigenvalue weighted by atomic mass is 79.9. The van der Waals surface area contributed by atoms with Gasteiger partial charge in [-0.05, 0) is 35.3 Å². The Bertz CT molecular complexity index is 896. The van der Waals surface area contributed by atoms with E-state index in [9.17, 15) is 4.79 Å². The molecule has 1 aromatic carbocycles. The summed E-state index contributed by atoms with van der Waals surface area (Å²) in [4.78, 5) is 12.4. The Hall–Kier alpha value is -2.41. The van der Waals surface area contributed by atoms with Crippen LogP contribution in [0.25, 0.3) is 0 Å². The second-order valence-corrected chi connectivity index (χ2v) is 6.53. The summed E-state index contributed by atoms with van der Waals surface area (Å²) in [6, 6.07) is 8.26. The molecule has 0 bridgehead atoms. The molecule has 0 saturated carbocycles. The molecule has 0 saturated heterocycles. The number of hydrogen-bond donors (Lipinski definition) is 1. The first-order chi connectivity index (χ1) is 11.4. The Morgan fingerprint density at radius 2 is 2.12 bits per heavy atom. The van der Waals surface area contributed by atoms with Crippen molar-refractivity contribution in [3.63, 3.8) is 0 Å². The number of nitrogens with one attached hydrogen (secondary N) is 1. The summed E-state index contributed by atoms with van der Waals surface area (Å²) >= 11 is 3.41. The second-order valence-electron chi connectivity index (χ2n) is 5.74. The third-order valence-corrected chi connectivity index (χ3v) is 4.74. The molecule has 3 rings (SSSR count). The van der Waals surface area contributed by atoms with Crippen molar-refractivity contribution in [1.29, 1.82) is 0 Å². The Morgan fingerprint density at radius 1 is 1.33 bits per heavy atom. The van der Waals surface area contributed by atoms with Crippen molar-refractivity contribution in [2.24, 2.45) is 7.05 Å². The van der Waals surface area contributed by atoms with Crippen LogP contribution in [-0.4, -0.2) is 25.5 Å².